The van der Waals surface area contributed by atoms with Crippen LogP contribution in [0, 0.1) is 29.6 Å². The molecule has 2 bridgehead atoms. The van der Waals surface area contributed by atoms with Crippen molar-refractivity contribution in [3.8, 4) is 23.8 Å². The van der Waals surface area contributed by atoms with Gasteiger partial charge in [0.1, 0.15) is 17.3 Å². The van der Waals surface area contributed by atoms with E-state index in [2.05, 4.69) is 33.6 Å². The summed E-state index contributed by atoms with van der Waals surface area (Å²) in [6, 6.07) is 3.58. The van der Waals surface area contributed by atoms with Crippen molar-refractivity contribution in [2.75, 3.05) is 0 Å². The summed E-state index contributed by atoms with van der Waals surface area (Å²) in [6.07, 6.45) is 10.3. The highest BCUT2D eigenvalue weighted by atomic mass is 16.3. The largest absolute Gasteiger partial charge is 0.508 e. The molecule has 4 rings (SSSR count). The average Bonchev–Trinajstić information content (AvgIpc) is 2.57. The molecule has 3 atom stereocenters. The average molecular weight is 369 g/mol. The standard InChI is InChI=1S/C24H32O3/c1-6-7-8-9-10-23(2,3)15-11-20(26)22(21(27)12-15)16-13-19(25)18-14-17(16)24(18,4)5/h1,11-12,16-18,26-27H,7-10,13-14H2,2-5H3/t16-,17-,18?/m0/s1. The SMILES string of the molecule is C#CCCCCC(C)(C)c1cc(O)c([C@H]2CC(=O)C3C[C@@H]2C3(C)C)c(O)c1. The van der Waals surface area contributed by atoms with Crippen molar-refractivity contribution in [3.63, 3.8) is 0 Å². The van der Waals surface area contributed by atoms with Crippen LogP contribution in [0.3, 0.4) is 0 Å². The van der Waals surface area contributed by atoms with Gasteiger partial charge in [-0.15, -0.1) is 12.3 Å². The summed E-state index contributed by atoms with van der Waals surface area (Å²) in [5, 5.41) is 21.6. The lowest BCUT2D eigenvalue weighted by Crippen LogP contribution is -2.56. The van der Waals surface area contributed by atoms with Gasteiger partial charge in [0.2, 0.25) is 0 Å². The van der Waals surface area contributed by atoms with Crippen LogP contribution in [0.2, 0.25) is 0 Å². The third-order valence-corrected chi connectivity index (χ3v) is 7.30. The summed E-state index contributed by atoms with van der Waals surface area (Å²) >= 11 is 0. The molecule has 0 spiro atoms. The highest BCUT2D eigenvalue weighted by molar-refractivity contribution is 5.86. The Labute approximate surface area is 163 Å². The van der Waals surface area contributed by atoms with Crippen molar-refractivity contribution in [3.05, 3.63) is 23.3 Å². The molecule has 0 radical (unpaired) electrons. The molecule has 3 saturated carbocycles. The molecule has 3 aliphatic rings. The number of carbonyl (C=O) groups excluding carboxylic acids is 1. The molecule has 3 heteroatoms. The zero-order chi connectivity index (χ0) is 20.0. The number of Topliss-reactive ketones (excluding diaryl/α,β-unsaturated/α-hetero) is 1. The van der Waals surface area contributed by atoms with Gasteiger partial charge in [0, 0.05) is 30.2 Å². The third-order valence-electron chi connectivity index (χ3n) is 7.30. The normalized spacial score (nSPS) is 26.3. The van der Waals surface area contributed by atoms with Gasteiger partial charge < -0.3 is 10.2 Å². The molecule has 146 valence electrons. The van der Waals surface area contributed by atoms with Crippen LogP contribution in [0.1, 0.15) is 83.3 Å². The van der Waals surface area contributed by atoms with E-state index in [0.29, 0.717) is 17.9 Å². The molecule has 0 aliphatic heterocycles. The van der Waals surface area contributed by atoms with Crippen molar-refractivity contribution in [2.24, 2.45) is 17.3 Å². The molecule has 27 heavy (non-hydrogen) atoms. The van der Waals surface area contributed by atoms with E-state index in [0.717, 1.165) is 37.7 Å². The number of ketones is 1. The van der Waals surface area contributed by atoms with Gasteiger partial charge in [0.15, 0.2) is 0 Å². The first-order valence-electron chi connectivity index (χ1n) is 10.1. The van der Waals surface area contributed by atoms with Crippen molar-refractivity contribution in [1.29, 1.82) is 0 Å². The van der Waals surface area contributed by atoms with Gasteiger partial charge >= 0.3 is 0 Å². The summed E-state index contributed by atoms with van der Waals surface area (Å²) in [5.74, 6) is 3.57. The molecule has 0 aromatic heterocycles. The molecular formula is C24H32O3. The maximum atomic E-state index is 12.5. The van der Waals surface area contributed by atoms with E-state index < -0.39 is 0 Å². The Hall–Kier alpha value is -1.95. The number of terminal acetylenes is 1. The zero-order valence-electron chi connectivity index (χ0n) is 17.0. The fourth-order valence-electron chi connectivity index (χ4n) is 5.32. The molecule has 1 aromatic rings. The Morgan fingerprint density at radius 3 is 2.37 bits per heavy atom. The van der Waals surface area contributed by atoms with Crippen molar-refractivity contribution < 1.29 is 15.0 Å². The molecular weight excluding hydrogens is 336 g/mol. The predicted octanol–water partition coefficient (Wildman–Crippen LogP) is 5.29. The second-order valence-corrected chi connectivity index (χ2v) is 9.72. The number of carbonyl (C=O) groups is 1. The number of hydrogen-bond donors (Lipinski definition) is 2. The molecule has 0 amide bonds. The van der Waals surface area contributed by atoms with Crippen LogP contribution in [0.4, 0.5) is 0 Å². The molecule has 1 aromatic carbocycles. The number of unbranched alkanes of at least 4 members (excludes halogenated alkanes) is 2. The molecule has 3 fully saturated rings. The molecule has 3 nitrogen and oxygen atoms in total. The van der Waals surface area contributed by atoms with Gasteiger partial charge in [-0.3, -0.25) is 4.79 Å². The predicted molar refractivity (Wildman–Crippen MR) is 108 cm³/mol. The number of fused-ring (bicyclic) bond motifs is 2. The first-order chi connectivity index (χ1) is 12.6. The van der Waals surface area contributed by atoms with E-state index in [9.17, 15) is 15.0 Å². The Morgan fingerprint density at radius 2 is 1.85 bits per heavy atom. The van der Waals surface area contributed by atoms with Gasteiger partial charge in [-0.25, -0.2) is 0 Å². The number of phenolic OH excluding ortho intramolecular Hbond substituents is 2. The van der Waals surface area contributed by atoms with Gasteiger partial charge in [-0.1, -0.05) is 34.1 Å². The highest BCUT2D eigenvalue weighted by Gasteiger charge is 2.59. The van der Waals surface area contributed by atoms with Crippen LogP contribution in [-0.4, -0.2) is 16.0 Å². The van der Waals surface area contributed by atoms with E-state index in [-0.39, 0.29) is 39.9 Å². The molecule has 3 aliphatic carbocycles. The van der Waals surface area contributed by atoms with E-state index in [1.165, 1.54) is 0 Å². The number of hydrogen-bond acceptors (Lipinski definition) is 3. The van der Waals surface area contributed by atoms with Gasteiger partial charge in [-0.2, -0.15) is 0 Å². The topological polar surface area (TPSA) is 57.5 Å². The Balaban J connectivity index is 1.86. The molecule has 0 saturated heterocycles. The van der Waals surface area contributed by atoms with E-state index in [1.807, 2.05) is 0 Å². The van der Waals surface area contributed by atoms with Crippen LogP contribution in [0.15, 0.2) is 12.1 Å². The van der Waals surface area contributed by atoms with Crippen LogP contribution in [-0.2, 0) is 10.2 Å². The summed E-state index contributed by atoms with van der Waals surface area (Å²) in [6.45, 7) is 8.52. The molecule has 2 N–H and O–H groups in total. The van der Waals surface area contributed by atoms with Crippen LogP contribution in [0.5, 0.6) is 11.5 Å². The Bertz CT molecular complexity index is 758. The number of phenols is 2. The maximum Gasteiger partial charge on any atom is 0.137 e. The zero-order valence-corrected chi connectivity index (χ0v) is 17.0. The fourth-order valence-corrected chi connectivity index (χ4v) is 5.32. The van der Waals surface area contributed by atoms with Gasteiger partial charge in [0.05, 0.1) is 0 Å². The Morgan fingerprint density at radius 1 is 1.22 bits per heavy atom. The minimum absolute atomic E-state index is 0.0478. The smallest absolute Gasteiger partial charge is 0.137 e. The minimum Gasteiger partial charge on any atom is -0.508 e. The maximum absolute atomic E-state index is 12.5. The first kappa shape index (κ1) is 19.8. The monoisotopic (exact) mass is 368 g/mol. The van der Waals surface area contributed by atoms with E-state index >= 15 is 0 Å². The van der Waals surface area contributed by atoms with Crippen LogP contribution >= 0.6 is 0 Å². The molecule has 1 unspecified atom stereocenters. The first-order valence-corrected chi connectivity index (χ1v) is 10.1. The van der Waals surface area contributed by atoms with E-state index in [4.69, 9.17) is 6.42 Å². The third kappa shape index (κ3) is 3.35. The molecule has 0 heterocycles. The summed E-state index contributed by atoms with van der Waals surface area (Å²) < 4.78 is 0. The van der Waals surface area contributed by atoms with Crippen LogP contribution < -0.4 is 0 Å². The van der Waals surface area contributed by atoms with Gasteiger partial charge in [0.25, 0.3) is 0 Å². The van der Waals surface area contributed by atoms with Crippen molar-refractivity contribution >= 4 is 5.78 Å². The number of aromatic hydroxyl groups is 2. The lowest BCUT2D eigenvalue weighted by Gasteiger charge is -2.59. The summed E-state index contributed by atoms with van der Waals surface area (Å²) in [5.41, 5.74) is 1.28. The number of rotatable bonds is 6. The second-order valence-electron chi connectivity index (χ2n) is 9.72. The lowest BCUT2D eigenvalue weighted by molar-refractivity contribution is -0.151. The highest BCUT2D eigenvalue weighted by Crippen LogP contribution is 2.64. The second kappa shape index (κ2) is 6.89. The Kier molecular flexibility index (Phi) is 5.06. The van der Waals surface area contributed by atoms with Gasteiger partial charge in [-0.05, 0) is 53.7 Å². The summed E-state index contributed by atoms with van der Waals surface area (Å²) in [7, 11) is 0. The van der Waals surface area contributed by atoms with Crippen molar-refractivity contribution in [2.45, 2.75) is 77.6 Å². The lowest BCUT2D eigenvalue weighted by atomic mass is 9.44. The quantitative estimate of drug-likeness (QED) is 0.530. The van der Waals surface area contributed by atoms with E-state index in [1.54, 1.807) is 12.1 Å². The van der Waals surface area contributed by atoms with Crippen molar-refractivity contribution in [1.82, 2.24) is 0 Å². The minimum atomic E-state index is -0.161. The van der Waals surface area contributed by atoms with Crippen LogP contribution in [0.25, 0.3) is 0 Å². The summed E-state index contributed by atoms with van der Waals surface area (Å²) in [4.78, 5) is 12.5. The number of benzene rings is 1. The fraction of sp³-hybridized carbons (Fsp3) is 0.625.